The molecule has 0 bridgehead atoms. The van der Waals surface area contributed by atoms with Crippen molar-refractivity contribution in [3.8, 4) is 0 Å². The predicted octanol–water partition coefficient (Wildman–Crippen LogP) is 0.833. The molecular weight excluding hydrogens is 324 g/mol. The molecule has 7 nitrogen and oxygen atoms in total. The second-order valence-electron chi connectivity index (χ2n) is 6.70. The highest BCUT2D eigenvalue weighted by Gasteiger charge is 2.44. The van der Waals surface area contributed by atoms with Crippen molar-refractivity contribution in [3.05, 3.63) is 45.8 Å². The van der Waals surface area contributed by atoms with Crippen LogP contribution in [-0.2, 0) is 9.53 Å². The van der Waals surface area contributed by atoms with Crippen molar-refractivity contribution in [2.24, 2.45) is 0 Å². The van der Waals surface area contributed by atoms with Gasteiger partial charge in [0.25, 0.3) is 5.91 Å². The predicted molar refractivity (Wildman–Crippen MR) is 89.4 cm³/mol. The molecule has 1 spiro atoms. The Morgan fingerprint density at radius 1 is 1.28 bits per heavy atom. The lowest BCUT2D eigenvalue weighted by molar-refractivity contribution is -0.141. The van der Waals surface area contributed by atoms with Gasteiger partial charge in [-0.05, 0) is 31.0 Å². The van der Waals surface area contributed by atoms with E-state index in [-0.39, 0.29) is 29.6 Å². The number of benzene rings is 1. The molecule has 0 aliphatic carbocycles. The maximum absolute atomic E-state index is 12.8. The molecule has 2 aromatic rings. The van der Waals surface area contributed by atoms with Gasteiger partial charge in [0.05, 0.1) is 11.9 Å². The van der Waals surface area contributed by atoms with Gasteiger partial charge in [0, 0.05) is 19.2 Å². The van der Waals surface area contributed by atoms with Crippen LogP contribution in [0.15, 0.2) is 33.5 Å². The van der Waals surface area contributed by atoms with Gasteiger partial charge in [-0.15, -0.1) is 0 Å². The molecule has 1 atom stereocenters. The monoisotopic (exact) mass is 342 g/mol. The number of ether oxygens (including phenoxy) is 1. The van der Waals surface area contributed by atoms with Crippen molar-refractivity contribution in [3.63, 3.8) is 0 Å². The van der Waals surface area contributed by atoms with Crippen LogP contribution in [-0.4, -0.2) is 48.6 Å². The second kappa shape index (κ2) is 5.70. The fraction of sp³-hybridized carbons (Fsp3) is 0.389. The van der Waals surface area contributed by atoms with Crippen LogP contribution in [0.1, 0.15) is 22.5 Å². The molecule has 7 heteroatoms. The van der Waals surface area contributed by atoms with Crippen LogP contribution < -0.4 is 10.7 Å². The molecule has 4 rings (SSSR count). The molecule has 2 saturated heterocycles. The van der Waals surface area contributed by atoms with E-state index in [4.69, 9.17) is 9.15 Å². The Morgan fingerprint density at radius 3 is 2.88 bits per heavy atom. The second-order valence-corrected chi connectivity index (χ2v) is 6.70. The molecule has 25 heavy (non-hydrogen) atoms. The fourth-order valence-electron chi connectivity index (χ4n) is 3.38. The number of amides is 2. The molecule has 2 aliphatic heterocycles. The number of hydrogen-bond acceptors (Lipinski definition) is 5. The number of likely N-dealkylation sites (tertiary alicyclic amines) is 1. The number of aryl methyl sites for hydroxylation is 1. The minimum atomic E-state index is -0.544. The Bertz CT molecular complexity index is 923. The lowest BCUT2D eigenvalue weighted by Gasteiger charge is -2.33. The van der Waals surface area contributed by atoms with E-state index in [1.165, 1.54) is 6.07 Å². The summed E-state index contributed by atoms with van der Waals surface area (Å²) in [7, 11) is 0. The van der Waals surface area contributed by atoms with Crippen LogP contribution in [0.2, 0.25) is 0 Å². The summed E-state index contributed by atoms with van der Waals surface area (Å²) < 4.78 is 11.4. The number of hydrogen-bond donors (Lipinski definition) is 1. The van der Waals surface area contributed by atoms with Crippen molar-refractivity contribution in [1.82, 2.24) is 10.2 Å². The minimum Gasteiger partial charge on any atom is -0.451 e. The highest BCUT2D eigenvalue weighted by Crippen LogP contribution is 2.28. The zero-order valence-corrected chi connectivity index (χ0v) is 13.8. The van der Waals surface area contributed by atoms with Crippen LogP contribution in [0.4, 0.5) is 0 Å². The molecule has 1 aromatic heterocycles. The van der Waals surface area contributed by atoms with E-state index >= 15 is 0 Å². The van der Waals surface area contributed by atoms with Gasteiger partial charge >= 0.3 is 0 Å². The van der Waals surface area contributed by atoms with Gasteiger partial charge in [-0.3, -0.25) is 14.4 Å². The highest BCUT2D eigenvalue weighted by atomic mass is 16.5. The SMILES string of the molecule is Cc1ccc2c(=O)cc(C(=O)N3CCC4(CNC(=O)CO4)C3)oc2c1. The Labute approximate surface area is 143 Å². The van der Waals surface area contributed by atoms with Crippen LogP contribution in [0.3, 0.4) is 0 Å². The summed E-state index contributed by atoms with van der Waals surface area (Å²) in [5.41, 5.74) is 0.578. The van der Waals surface area contributed by atoms with Crippen molar-refractivity contribution < 1.29 is 18.7 Å². The zero-order chi connectivity index (χ0) is 17.6. The first kappa shape index (κ1) is 15.8. The van der Waals surface area contributed by atoms with Crippen molar-refractivity contribution in [1.29, 1.82) is 0 Å². The van der Waals surface area contributed by atoms with Crippen molar-refractivity contribution in [2.45, 2.75) is 18.9 Å². The number of rotatable bonds is 1. The van der Waals surface area contributed by atoms with Gasteiger partial charge in [-0.25, -0.2) is 0 Å². The Kier molecular flexibility index (Phi) is 3.61. The van der Waals surface area contributed by atoms with Gasteiger partial charge in [0.15, 0.2) is 11.2 Å². The third-order valence-electron chi connectivity index (χ3n) is 4.82. The first-order valence-corrected chi connectivity index (χ1v) is 8.20. The Hall–Kier alpha value is -2.67. The molecule has 2 amide bonds. The van der Waals surface area contributed by atoms with Gasteiger partial charge in [0.2, 0.25) is 5.91 Å². The Morgan fingerprint density at radius 2 is 2.12 bits per heavy atom. The largest absolute Gasteiger partial charge is 0.451 e. The molecule has 0 radical (unpaired) electrons. The minimum absolute atomic E-state index is 0.00631. The molecular formula is C18H18N2O5. The number of fused-ring (bicyclic) bond motifs is 1. The third-order valence-corrected chi connectivity index (χ3v) is 4.82. The zero-order valence-electron chi connectivity index (χ0n) is 13.8. The van der Waals surface area contributed by atoms with E-state index in [0.29, 0.717) is 37.0 Å². The van der Waals surface area contributed by atoms with E-state index in [0.717, 1.165) is 5.56 Å². The fourth-order valence-corrected chi connectivity index (χ4v) is 3.38. The van der Waals surface area contributed by atoms with Crippen LogP contribution >= 0.6 is 0 Å². The van der Waals surface area contributed by atoms with E-state index in [2.05, 4.69) is 5.32 Å². The summed E-state index contributed by atoms with van der Waals surface area (Å²) in [6.45, 7) is 3.14. The van der Waals surface area contributed by atoms with Crippen molar-refractivity contribution in [2.75, 3.05) is 26.2 Å². The van der Waals surface area contributed by atoms with Gasteiger partial charge < -0.3 is 19.4 Å². The lowest BCUT2D eigenvalue weighted by atomic mass is 10.0. The molecule has 2 aliphatic rings. The number of carbonyl (C=O) groups is 2. The number of nitrogens with zero attached hydrogens (tertiary/aromatic N) is 1. The van der Waals surface area contributed by atoms with Gasteiger partial charge in [-0.2, -0.15) is 0 Å². The average molecular weight is 342 g/mol. The lowest BCUT2D eigenvalue weighted by Crippen LogP contribution is -2.54. The molecule has 130 valence electrons. The standard InChI is InChI=1S/C18H18N2O5/c1-11-2-3-12-13(21)7-15(25-14(12)6-11)17(23)20-5-4-18(10-20)9-19-16(22)8-24-18/h2-3,6-7H,4-5,8-10H2,1H3,(H,19,22). The summed E-state index contributed by atoms with van der Waals surface area (Å²) in [4.78, 5) is 37.9. The van der Waals surface area contributed by atoms with Crippen LogP contribution in [0.25, 0.3) is 11.0 Å². The van der Waals surface area contributed by atoms with E-state index in [1.54, 1.807) is 17.0 Å². The van der Waals surface area contributed by atoms with Crippen molar-refractivity contribution >= 4 is 22.8 Å². The highest BCUT2D eigenvalue weighted by molar-refractivity contribution is 5.93. The summed E-state index contributed by atoms with van der Waals surface area (Å²) in [6, 6.07) is 6.53. The molecule has 0 saturated carbocycles. The summed E-state index contributed by atoms with van der Waals surface area (Å²) in [5.74, 6) is -0.454. The summed E-state index contributed by atoms with van der Waals surface area (Å²) in [5, 5.41) is 3.24. The summed E-state index contributed by atoms with van der Waals surface area (Å²) in [6.07, 6.45) is 0.635. The molecule has 3 heterocycles. The molecule has 1 unspecified atom stereocenters. The first-order chi connectivity index (χ1) is 12.0. The van der Waals surface area contributed by atoms with Gasteiger partial charge in [-0.1, -0.05) is 6.07 Å². The van der Waals surface area contributed by atoms with Crippen LogP contribution in [0.5, 0.6) is 0 Å². The molecule has 1 N–H and O–H groups in total. The van der Waals surface area contributed by atoms with Gasteiger partial charge in [0.1, 0.15) is 17.8 Å². The third kappa shape index (κ3) is 2.80. The first-order valence-electron chi connectivity index (χ1n) is 8.20. The smallest absolute Gasteiger partial charge is 0.289 e. The van der Waals surface area contributed by atoms with E-state index in [9.17, 15) is 14.4 Å². The van der Waals surface area contributed by atoms with Crippen LogP contribution in [0, 0.1) is 6.92 Å². The quantitative estimate of drug-likeness (QED) is 0.829. The summed E-state index contributed by atoms with van der Waals surface area (Å²) >= 11 is 0. The normalized spacial score (nSPS) is 23.2. The molecule has 1 aromatic carbocycles. The van der Waals surface area contributed by atoms with E-state index in [1.807, 2.05) is 13.0 Å². The number of nitrogens with one attached hydrogen (secondary N) is 1. The van der Waals surface area contributed by atoms with E-state index < -0.39 is 5.60 Å². The maximum Gasteiger partial charge on any atom is 0.289 e. The Balaban J connectivity index is 1.60. The molecule has 2 fully saturated rings. The number of morpholine rings is 1. The maximum atomic E-state index is 12.8. The topological polar surface area (TPSA) is 88.9 Å². The number of carbonyl (C=O) groups excluding carboxylic acids is 2. The average Bonchev–Trinajstić information content (AvgIpc) is 3.00.